The summed E-state index contributed by atoms with van der Waals surface area (Å²) in [5.41, 5.74) is 0.208. The topological polar surface area (TPSA) is 44.0 Å². The lowest BCUT2D eigenvalue weighted by Crippen LogP contribution is -2.27. The molecule has 0 aliphatic heterocycles. The second-order valence-corrected chi connectivity index (χ2v) is 2.06. The molecule has 0 atom stereocenters. The third-order valence-corrected chi connectivity index (χ3v) is 1.44. The number of aromatic nitrogens is 1. The number of hydrogen-bond donors (Lipinski definition) is 0. The van der Waals surface area contributed by atoms with E-state index < -0.39 is 0 Å². The molecule has 0 fully saturated rings. The van der Waals surface area contributed by atoms with Gasteiger partial charge in [-0.25, -0.2) is 0 Å². The molecule has 52 valence electrons. The molecule has 0 saturated carbocycles. The number of nitrogens with zero attached hydrogens (tertiary/aromatic N) is 1. The zero-order valence-electron chi connectivity index (χ0n) is 4.95. The first-order valence-electron chi connectivity index (χ1n) is 2.58. The second-order valence-electron chi connectivity index (χ2n) is 1.70. The fourth-order valence-corrected chi connectivity index (χ4v) is 0.738. The van der Waals surface area contributed by atoms with E-state index in [-0.39, 0.29) is 10.7 Å². The molecule has 0 bridgehead atoms. The van der Waals surface area contributed by atoms with Crippen LogP contribution in [0.5, 0.6) is 0 Å². The molecule has 1 aromatic heterocycles. The highest BCUT2D eigenvalue weighted by molar-refractivity contribution is 6.30. The van der Waals surface area contributed by atoms with Gasteiger partial charge < -0.3 is 5.21 Å². The van der Waals surface area contributed by atoms with Crippen LogP contribution in [0.25, 0.3) is 0 Å². The van der Waals surface area contributed by atoms with Crippen LogP contribution < -0.4 is 4.73 Å². The van der Waals surface area contributed by atoms with Gasteiger partial charge in [-0.05, 0) is 17.7 Å². The standard InChI is InChI=1S/C6H4ClNO2/c7-6-5(4-9)2-1-3-8(6)10/h1-4H. The molecule has 0 aliphatic carbocycles. The van der Waals surface area contributed by atoms with Gasteiger partial charge in [-0.3, -0.25) is 4.79 Å². The Hall–Kier alpha value is -1.09. The molecule has 0 aliphatic rings. The maximum absolute atomic E-state index is 10.6. The minimum Gasteiger partial charge on any atom is -0.618 e. The van der Waals surface area contributed by atoms with Gasteiger partial charge in [-0.15, -0.1) is 0 Å². The van der Waals surface area contributed by atoms with Gasteiger partial charge in [-0.2, -0.15) is 4.73 Å². The van der Waals surface area contributed by atoms with Crippen molar-refractivity contribution in [1.29, 1.82) is 0 Å². The molecular formula is C6H4ClNO2. The number of aldehydes is 1. The van der Waals surface area contributed by atoms with Gasteiger partial charge in [0.2, 0.25) is 0 Å². The lowest BCUT2D eigenvalue weighted by atomic mass is 10.3. The number of halogens is 1. The van der Waals surface area contributed by atoms with Crippen LogP contribution in [0.4, 0.5) is 0 Å². The number of carbonyl (C=O) groups excluding carboxylic acids is 1. The first kappa shape index (κ1) is 7.02. The Balaban J connectivity index is 3.27. The SMILES string of the molecule is O=Cc1ccc[n+]([O-])c1Cl. The third-order valence-electron chi connectivity index (χ3n) is 1.06. The molecule has 1 aromatic rings. The highest BCUT2D eigenvalue weighted by Gasteiger charge is 2.05. The first-order chi connectivity index (χ1) is 4.75. The predicted molar refractivity (Wildman–Crippen MR) is 35.8 cm³/mol. The fourth-order valence-electron chi connectivity index (χ4n) is 0.574. The van der Waals surface area contributed by atoms with Gasteiger partial charge in [-0.1, -0.05) is 0 Å². The van der Waals surface area contributed by atoms with Crippen LogP contribution >= 0.6 is 11.6 Å². The molecule has 3 nitrogen and oxygen atoms in total. The Labute approximate surface area is 62.4 Å². The molecule has 0 saturated heterocycles. The van der Waals surface area contributed by atoms with E-state index in [1.165, 1.54) is 18.3 Å². The quantitative estimate of drug-likeness (QED) is 0.262. The van der Waals surface area contributed by atoms with Crippen molar-refractivity contribution in [1.82, 2.24) is 0 Å². The van der Waals surface area contributed by atoms with Gasteiger partial charge in [0, 0.05) is 6.07 Å². The third kappa shape index (κ3) is 1.09. The average Bonchev–Trinajstić information content (AvgIpc) is 1.95. The molecule has 0 spiro atoms. The van der Waals surface area contributed by atoms with Crippen LogP contribution in [0.2, 0.25) is 5.15 Å². The molecule has 0 radical (unpaired) electrons. The summed E-state index contributed by atoms with van der Waals surface area (Å²) in [6, 6.07) is 2.94. The Morgan fingerprint density at radius 3 is 2.90 bits per heavy atom. The lowest BCUT2D eigenvalue weighted by Gasteiger charge is -1.97. The van der Waals surface area contributed by atoms with Gasteiger partial charge >= 0.3 is 0 Å². The highest BCUT2D eigenvalue weighted by atomic mass is 35.5. The van der Waals surface area contributed by atoms with E-state index in [4.69, 9.17) is 11.6 Å². The van der Waals surface area contributed by atoms with Gasteiger partial charge in [0.1, 0.15) is 5.56 Å². The molecule has 1 rings (SSSR count). The molecular weight excluding hydrogens is 154 g/mol. The molecule has 4 heteroatoms. The summed E-state index contributed by atoms with van der Waals surface area (Å²) in [5, 5.41) is 10.5. The minimum absolute atomic E-state index is 0.0856. The molecule has 0 N–H and O–H groups in total. The van der Waals surface area contributed by atoms with Crippen LogP contribution in [0.3, 0.4) is 0 Å². The van der Waals surface area contributed by atoms with Crippen molar-refractivity contribution < 1.29 is 9.52 Å². The van der Waals surface area contributed by atoms with Crippen LogP contribution in [0.1, 0.15) is 10.4 Å². The van der Waals surface area contributed by atoms with Crippen LogP contribution in [-0.4, -0.2) is 6.29 Å². The maximum atomic E-state index is 10.6. The van der Waals surface area contributed by atoms with Gasteiger partial charge in [0.25, 0.3) is 5.15 Å². The van der Waals surface area contributed by atoms with E-state index in [0.717, 1.165) is 0 Å². The summed E-state index contributed by atoms with van der Waals surface area (Å²) >= 11 is 5.41. The van der Waals surface area contributed by atoms with Crippen molar-refractivity contribution in [3.63, 3.8) is 0 Å². The van der Waals surface area contributed by atoms with Crippen LogP contribution in [-0.2, 0) is 0 Å². The van der Waals surface area contributed by atoms with Crippen molar-refractivity contribution in [3.8, 4) is 0 Å². The normalized spacial score (nSPS) is 9.30. The van der Waals surface area contributed by atoms with Crippen molar-refractivity contribution in [2.24, 2.45) is 0 Å². The van der Waals surface area contributed by atoms with E-state index in [9.17, 15) is 10.0 Å². The molecule has 10 heavy (non-hydrogen) atoms. The minimum atomic E-state index is -0.0856. The number of carbonyl (C=O) groups is 1. The first-order valence-corrected chi connectivity index (χ1v) is 2.96. The number of pyridine rings is 1. The maximum Gasteiger partial charge on any atom is 0.296 e. The van der Waals surface area contributed by atoms with E-state index in [1.54, 1.807) is 0 Å². The zero-order chi connectivity index (χ0) is 7.56. The zero-order valence-corrected chi connectivity index (χ0v) is 5.71. The lowest BCUT2D eigenvalue weighted by molar-refractivity contribution is -0.603. The Morgan fingerprint density at radius 1 is 1.70 bits per heavy atom. The average molecular weight is 158 g/mol. The van der Waals surface area contributed by atoms with E-state index in [0.29, 0.717) is 11.0 Å². The summed E-state index contributed by atoms with van der Waals surface area (Å²) < 4.78 is 0.436. The van der Waals surface area contributed by atoms with E-state index >= 15 is 0 Å². The molecule has 0 aromatic carbocycles. The van der Waals surface area contributed by atoms with Crippen molar-refractivity contribution in [3.05, 3.63) is 34.3 Å². The summed E-state index contributed by atoms with van der Waals surface area (Å²) in [6.45, 7) is 0. The Kier molecular flexibility index (Phi) is 1.87. The Morgan fingerprint density at radius 2 is 2.40 bits per heavy atom. The fraction of sp³-hybridized carbons (Fsp3) is 0. The summed E-state index contributed by atoms with van der Waals surface area (Å²) in [7, 11) is 0. The number of rotatable bonds is 1. The van der Waals surface area contributed by atoms with Gasteiger partial charge in [0.15, 0.2) is 12.5 Å². The summed E-state index contributed by atoms with van der Waals surface area (Å²) in [5.74, 6) is 0. The highest BCUT2D eigenvalue weighted by Crippen LogP contribution is 2.05. The predicted octanol–water partition coefficient (Wildman–Crippen LogP) is 0.786. The van der Waals surface area contributed by atoms with Crippen molar-refractivity contribution in [2.45, 2.75) is 0 Å². The summed E-state index contributed by atoms with van der Waals surface area (Å²) in [4.78, 5) is 10.1. The summed E-state index contributed by atoms with van der Waals surface area (Å²) in [6.07, 6.45) is 1.77. The van der Waals surface area contributed by atoms with Crippen LogP contribution in [0.15, 0.2) is 18.3 Å². The van der Waals surface area contributed by atoms with E-state index in [1.807, 2.05) is 0 Å². The monoisotopic (exact) mass is 157 g/mol. The van der Waals surface area contributed by atoms with Crippen molar-refractivity contribution in [2.75, 3.05) is 0 Å². The van der Waals surface area contributed by atoms with E-state index in [2.05, 4.69) is 0 Å². The number of hydrogen-bond acceptors (Lipinski definition) is 2. The van der Waals surface area contributed by atoms with Crippen molar-refractivity contribution >= 4 is 17.9 Å². The molecule has 0 amide bonds. The largest absolute Gasteiger partial charge is 0.618 e. The smallest absolute Gasteiger partial charge is 0.296 e. The van der Waals surface area contributed by atoms with Gasteiger partial charge in [0.05, 0.1) is 0 Å². The van der Waals surface area contributed by atoms with Crippen LogP contribution in [0, 0.1) is 5.21 Å². The second kappa shape index (κ2) is 2.66. The Bertz CT molecular complexity index is 262. The molecule has 1 heterocycles. The molecule has 0 unspecified atom stereocenters.